The van der Waals surface area contributed by atoms with Crippen LogP contribution in [0.4, 0.5) is 26.3 Å². The molecule has 0 unspecified atom stereocenters. The molecule has 190 valence electrons. The van der Waals surface area contributed by atoms with Gasteiger partial charge in [0.15, 0.2) is 23.7 Å². The van der Waals surface area contributed by atoms with Crippen LogP contribution >= 0.6 is 0 Å². The summed E-state index contributed by atoms with van der Waals surface area (Å²) in [6.07, 6.45) is 0.840. The number of hydrogen-bond donors (Lipinski definition) is 0. The second kappa shape index (κ2) is 10.7. The normalized spacial score (nSPS) is 17.8. The number of esters is 1. The smallest absolute Gasteiger partial charge is 0.349 e. The molecule has 4 rings (SSSR count). The molecule has 1 aliphatic heterocycles. The Morgan fingerprint density at radius 2 is 1.47 bits per heavy atom. The fraction of sp³-hybridized carbons (Fsp3) is 0.269. The maximum Gasteiger partial charge on any atom is 0.349 e. The number of ether oxygens (including phenoxy) is 3. The number of carbonyl (C=O) groups excluding carboxylic acids is 1. The van der Waals surface area contributed by atoms with E-state index in [-0.39, 0.29) is 22.6 Å². The van der Waals surface area contributed by atoms with Gasteiger partial charge in [-0.3, -0.25) is 0 Å². The van der Waals surface area contributed by atoms with Gasteiger partial charge in [-0.1, -0.05) is 13.3 Å². The van der Waals surface area contributed by atoms with Gasteiger partial charge in [0.05, 0.1) is 13.2 Å². The van der Waals surface area contributed by atoms with Crippen LogP contribution < -0.4 is 4.74 Å². The van der Waals surface area contributed by atoms with E-state index in [1.54, 1.807) is 0 Å². The van der Waals surface area contributed by atoms with Gasteiger partial charge in [-0.2, -0.15) is 0 Å². The molecule has 1 heterocycles. The van der Waals surface area contributed by atoms with Gasteiger partial charge in [0.2, 0.25) is 0 Å². The zero-order chi connectivity index (χ0) is 26.0. The molecule has 0 radical (unpaired) electrons. The van der Waals surface area contributed by atoms with E-state index in [1.165, 1.54) is 0 Å². The van der Waals surface area contributed by atoms with Crippen LogP contribution in [0.2, 0.25) is 0 Å². The lowest BCUT2D eigenvalue weighted by atomic mass is 10.0. The van der Waals surface area contributed by atoms with Gasteiger partial charge in [-0.05, 0) is 48.4 Å². The van der Waals surface area contributed by atoms with E-state index in [1.807, 2.05) is 6.92 Å². The first kappa shape index (κ1) is 25.7. The first-order valence-electron chi connectivity index (χ1n) is 11.1. The maximum atomic E-state index is 14.7. The molecule has 4 nitrogen and oxygen atoms in total. The molecule has 0 N–H and O–H groups in total. The molecule has 0 saturated carbocycles. The van der Waals surface area contributed by atoms with E-state index in [2.05, 4.69) is 0 Å². The standard InChI is InChI=1S/C26H20F6O4/c1-2-3-13-11-34-26(35-12-13)15-8-19(28)23(20(29)9-15)25(33)36-16-4-5-17(18(27)10-16)14-6-21(30)24(32)22(31)7-14/h4-10,13,26H,2-3,11-12H2,1H3. The van der Waals surface area contributed by atoms with Gasteiger partial charge in [0.1, 0.15) is 28.8 Å². The first-order valence-corrected chi connectivity index (χ1v) is 11.1. The largest absolute Gasteiger partial charge is 0.423 e. The molecule has 0 aliphatic carbocycles. The third kappa shape index (κ3) is 5.39. The van der Waals surface area contributed by atoms with Crippen LogP contribution in [0.5, 0.6) is 5.75 Å². The number of hydrogen-bond acceptors (Lipinski definition) is 4. The SMILES string of the molecule is CCCC1COC(c2cc(F)c(C(=O)Oc3ccc(-c4cc(F)c(F)c(F)c4)c(F)c3)c(F)c2)OC1. The monoisotopic (exact) mass is 510 g/mol. The van der Waals surface area contributed by atoms with Crippen molar-refractivity contribution in [1.82, 2.24) is 0 Å². The molecule has 0 amide bonds. The zero-order valence-corrected chi connectivity index (χ0v) is 18.9. The fourth-order valence-corrected chi connectivity index (χ4v) is 3.90. The van der Waals surface area contributed by atoms with Crippen LogP contribution in [0.15, 0.2) is 42.5 Å². The van der Waals surface area contributed by atoms with Gasteiger partial charge in [0, 0.05) is 23.1 Å². The van der Waals surface area contributed by atoms with Crippen LogP contribution in [0.3, 0.4) is 0 Å². The Labute approximate surface area is 202 Å². The molecule has 3 aromatic carbocycles. The minimum absolute atomic E-state index is 0.0469. The minimum atomic E-state index is -1.71. The summed E-state index contributed by atoms with van der Waals surface area (Å²) in [7, 11) is 0. The lowest BCUT2D eigenvalue weighted by Gasteiger charge is -2.29. The van der Waals surface area contributed by atoms with Crippen LogP contribution in [0.25, 0.3) is 11.1 Å². The molecular formula is C26H20F6O4. The summed E-state index contributed by atoms with van der Waals surface area (Å²) in [6.45, 7) is 2.75. The minimum Gasteiger partial charge on any atom is -0.423 e. The van der Waals surface area contributed by atoms with Crippen molar-refractivity contribution in [3.63, 3.8) is 0 Å². The quantitative estimate of drug-likeness (QED) is 0.157. The Morgan fingerprint density at radius 3 is 2.03 bits per heavy atom. The average Bonchev–Trinajstić information content (AvgIpc) is 2.82. The fourth-order valence-electron chi connectivity index (χ4n) is 3.90. The molecule has 1 saturated heterocycles. The van der Waals surface area contributed by atoms with Crippen LogP contribution in [-0.4, -0.2) is 19.2 Å². The number of rotatable bonds is 6. The predicted octanol–water partition coefficient (Wildman–Crippen LogP) is 6.87. The van der Waals surface area contributed by atoms with E-state index >= 15 is 0 Å². The highest BCUT2D eigenvalue weighted by atomic mass is 19.2. The van der Waals surface area contributed by atoms with Gasteiger partial charge in [-0.25, -0.2) is 31.1 Å². The average molecular weight is 510 g/mol. The molecule has 1 aliphatic rings. The summed E-state index contributed by atoms with van der Waals surface area (Å²) in [4.78, 5) is 12.4. The van der Waals surface area contributed by atoms with Crippen molar-refractivity contribution in [3.05, 3.63) is 88.5 Å². The summed E-state index contributed by atoms with van der Waals surface area (Å²) in [6, 6.07) is 5.74. The Balaban J connectivity index is 1.50. The summed E-state index contributed by atoms with van der Waals surface area (Å²) in [5.74, 6) is -9.94. The van der Waals surface area contributed by atoms with Crippen molar-refractivity contribution < 1.29 is 45.3 Å². The maximum absolute atomic E-state index is 14.7. The number of carbonyl (C=O) groups is 1. The highest BCUT2D eigenvalue weighted by Gasteiger charge is 2.27. The molecule has 0 bridgehead atoms. The highest BCUT2D eigenvalue weighted by Crippen LogP contribution is 2.31. The highest BCUT2D eigenvalue weighted by molar-refractivity contribution is 5.91. The van der Waals surface area contributed by atoms with Gasteiger partial charge in [0.25, 0.3) is 0 Å². The van der Waals surface area contributed by atoms with Crippen LogP contribution in [0.1, 0.15) is 42.0 Å². The molecule has 10 heteroatoms. The summed E-state index contributed by atoms with van der Waals surface area (Å²) in [5, 5.41) is 0. The zero-order valence-electron chi connectivity index (χ0n) is 18.9. The summed E-state index contributed by atoms with van der Waals surface area (Å²) in [5.41, 5.74) is -1.58. The van der Waals surface area contributed by atoms with Crippen LogP contribution in [0, 0.1) is 40.8 Å². The van der Waals surface area contributed by atoms with E-state index < -0.39 is 58.5 Å². The second-order valence-electron chi connectivity index (χ2n) is 8.30. The number of halogens is 6. The Morgan fingerprint density at radius 1 is 0.861 bits per heavy atom. The molecule has 1 fully saturated rings. The molecule has 0 atom stereocenters. The third-order valence-electron chi connectivity index (χ3n) is 5.65. The Kier molecular flexibility index (Phi) is 7.65. The van der Waals surface area contributed by atoms with E-state index in [0.717, 1.165) is 37.1 Å². The molecule has 0 spiro atoms. The van der Waals surface area contributed by atoms with E-state index in [0.29, 0.717) is 31.4 Å². The molecule has 0 aromatic heterocycles. The van der Waals surface area contributed by atoms with Gasteiger partial charge < -0.3 is 14.2 Å². The first-order chi connectivity index (χ1) is 17.2. The van der Waals surface area contributed by atoms with Gasteiger partial charge >= 0.3 is 5.97 Å². The van der Waals surface area contributed by atoms with Crippen molar-refractivity contribution in [2.24, 2.45) is 5.92 Å². The Bertz CT molecular complexity index is 1240. The molecule has 36 heavy (non-hydrogen) atoms. The number of benzene rings is 3. The van der Waals surface area contributed by atoms with Gasteiger partial charge in [-0.15, -0.1) is 0 Å². The predicted molar refractivity (Wildman–Crippen MR) is 116 cm³/mol. The van der Waals surface area contributed by atoms with Crippen molar-refractivity contribution >= 4 is 5.97 Å². The summed E-state index contributed by atoms with van der Waals surface area (Å²) >= 11 is 0. The van der Waals surface area contributed by atoms with Crippen molar-refractivity contribution in [2.45, 2.75) is 26.1 Å². The van der Waals surface area contributed by atoms with E-state index in [4.69, 9.17) is 14.2 Å². The van der Waals surface area contributed by atoms with Crippen molar-refractivity contribution in [2.75, 3.05) is 13.2 Å². The molecule has 3 aromatic rings. The second-order valence-corrected chi connectivity index (χ2v) is 8.30. The van der Waals surface area contributed by atoms with Crippen molar-refractivity contribution in [1.29, 1.82) is 0 Å². The third-order valence-corrected chi connectivity index (χ3v) is 5.65. The lowest BCUT2D eigenvalue weighted by Crippen LogP contribution is -2.27. The van der Waals surface area contributed by atoms with Crippen molar-refractivity contribution in [3.8, 4) is 16.9 Å². The Hall–Kier alpha value is -3.37. The molecular weight excluding hydrogens is 490 g/mol. The topological polar surface area (TPSA) is 44.8 Å². The van der Waals surface area contributed by atoms with Crippen LogP contribution in [-0.2, 0) is 9.47 Å². The lowest BCUT2D eigenvalue weighted by molar-refractivity contribution is -0.206. The van der Waals surface area contributed by atoms with E-state index in [9.17, 15) is 31.1 Å². The summed E-state index contributed by atoms with van der Waals surface area (Å²) < 4.78 is 99.9.